The van der Waals surface area contributed by atoms with Crippen molar-refractivity contribution in [2.75, 3.05) is 38.6 Å². The lowest BCUT2D eigenvalue weighted by atomic mass is 10.2. The van der Waals surface area contributed by atoms with Crippen molar-refractivity contribution in [2.45, 2.75) is 19.5 Å². The van der Waals surface area contributed by atoms with Gasteiger partial charge in [-0.05, 0) is 18.6 Å². The third-order valence-electron chi connectivity index (χ3n) is 4.63. The number of amides is 1. The second-order valence-electron chi connectivity index (χ2n) is 6.54. The summed E-state index contributed by atoms with van der Waals surface area (Å²) >= 11 is 0. The molecule has 2 aromatic rings. The van der Waals surface area contributed by atoms with Gasteiger partial charge in [0.25, 0.3) is 0 Å². The highest BCUT2D eigenvalue weighted by Crippen LogP contribution is 2.14. The van der Waals surface area contributed by atoms with Gasteiger partial charge in [0.1, 0.15) is 6.04 Å². The Morgan fingerprint density at radius 3 is 2.50 bits per heavy atom. The molecule has 1 fully saturated rings. The highest BCUT2D eigenvalue weighted by Gasteiger charge is 2.24. The highest BCUT2D eigenvalue weighted by molar-refractivity contribution is 5.84. The Labute approximate surface area is 154 Å². The fraction of sp³-hybridized carbons (Fsp3) is 0.400. The average molecular weight is 354 g/mol. The monoisotopic (exact) mass is 354 g/mol. The largest absolute Gasteiger partial charge is 0.481 e. The molecule has 1 aromatic heterocycles. The molecule has 1 N–H and O–H groups in total. The summed E-state index contributed by atoms with van der Waals surface area (Å²) in [5.41, 5.74) is 2.13. The molecule has 0 spiro atoms. The van der Waals surface area contributed by atoms with E-state index in [4.69, 9.17) is 4.74 Å². The third kappa shape index (κ3) is 4.73. The van der Waals surface area contributed by atoms with Crippen LogP contribution < -0.4 is 10.1 Å². The summed E-state index contributed by atoms with van der Waals surface area (Å²) in [4.78, 5) is 21.2. The van der Waals surface area contributed by atoms with Crippen LogP contribution in [0.2, 0.25) is 0 Å². The average Bonchev–Trinajstić information content (AvgIpc) is 2.69. The maximum absolute atomic E-state index is 12.7. The van der Waals surface area contributed by atoms with Crippen LogP contribution in [0.25, 0.3) is 0 Å². The standard InChI is InChI=1S/C20H26N4O2/c1-16(22-18-8-9-19(26-2)21-14-18)20(25)24-12-10-23(11-13-24)15-17-6-4-3-5-7-17/h3-9,14,16,22H,10-13,15H2,1-2H3/t16-/m0/s1. The smallest absolute Gasteiger partial charge is 0.244 e. The van der Waals surface area contributed by atoms with Crippen molar-refractivity contribution >= 4 is 11.6 Å². The van der Waals surface area contributed by atoms with Crippen molar-refractivity contribution < 1.29 is 9.53 Å². The molecule has 1 aliphatic heterocycles. The first kappa shape index (κ1) is 18.2. The molecular formula is C20H26N4O2. The van der Waals surface area contributed by atoms with Gasteiger partial charge in [-0.2, -0.15) is 0 Å². The number of carbonyl (C=O) groups excluding carboxylic acids is 1. The first-order chi connectivity index (χ1) is 12.7. The number of hydrogen-bond acceptors (Lipinski definition) is 5. The molecular weight excluding hydrogens is 328 g/mol. The lowest BCUT2D eigenvalue weighted by Crippen LogP contribution is -2.51. The molecule has 138 valence electrons. The van der Waals surface area contributed by atoms with Crippen molar-refractivity contribution in [3.8, 4) is 5.88 Å². The third-order valence-corrected chi connectivity index (χ3v) is 4.63. The molecule has 0 aliphatic carbocycles. The van der Waals surface area contributed by atoms with Crippen molar-refractivity contribution in [3.63, 3.8) is 0 Å². The van der Waals surface area contributed by atoms with Crippen molar-refractivity contribution in [3.05, 3.63) is 54.2 Å². The summed E-state index contributed by atoms with van der Waals surface area (Å²) in [7, 11) is 1.58. The second-order valence-corrected chi connectivity index (χ2v) is 6.54. The molecule has 0 bridgehead atoms. The molecule has 0 saturated carbocycles. The second kappa shape index (κ2) is 8.67. The van der Waals surface area contributed by atoms with E-state index in [-0.39, 0.29) is 11.9 Å². The van der Waals surface area contributed by atoms with Gasteiger partial charge >= 0.3 is 0 Å². The van der Waals surface area contributed by atoms with Gasteiger partial charge in [0.15, 0.2) is 0 Å². The van der Waals surface area contributed by atoms with E-state index >= 15 is 0 Å². The summed E-state index contributed by atoms with van der Waals surface area (Å²) in [5, 5.41) is 3.22. The highest BCUT2D eigenvalue weighted by atomic mass is 16.5. The minimum atomic E-state index is -0.286. The normalized spacial score (nSPS) is 16.2. The number of nitrogens with zero attached hydrogens (tertiary/aromatic N) is 3. The molecule has 1 aromatic carbocycles. The van der Waals surface area contributed by atoms with Crippen molar-refractivity contribution in [1.82, 2.24) is 14.8 Å². The van der Waals surface area contributed by atoms with Crippen LogP contribution >= 0.6 is 0 Å². The van der Waals surface area contributed by atoms with E-state index in [2.05, 4.69) is 39.5 Å². The number of anilines is 1. The quantitative estimate of drug-likeness (QED) is 0.862. The van der Waals surface area contributed by atoms with Crippen LogP contribution in [0.4, 0.5) is 5.69 Å². The van der Waals surface area contributed by atoms with Gasteiger partial charge in [-0.3, -0.25) is 9.69 Å². The van der Waals surface area contributed by atoms with E-state index in [0.717, 1.165) is 38.4 Å². The van der Waals surface area contributed by atoms with E-state index in [0.29, 0.717) is 5.88 Å². The SMILES string of the molecule is COc1ccc(N[C@@H](C)C(=O)N2CCN(Cc3ccccc3)CC2)cn1. The van der Waals surface area contributed by atoms with Crippen LogP contribution in [-0.2, 0) is 11.3 Å². The first-order valence-electron chi connectivity index (χ1n) is 8.97. The van der Waals surface area contributed by atoms with Crippen LogP contribution in [0.5, 0.6) is 5.88 Å². The topological polar surface area (TPSA) is 57.7 Å². The molecule has 6 heteroatoms. The Kier molecular flexibility index (Phi) is 6.07. The van der Waals surface area contributed by atoms with E-state index in [1.165, 1.54) is 5.56 Å². The number of nitrogens with one attached hydrogen (secondary N) is 1. The number of pyridine rings is 1. The zero-order valence-electron chi connectivity index (χ0n) is 15.4. The van der Waals surface area contributed by atoms with E-state index < -0.39 is 0 Å². The van der Waals surface area contributed by atoms with Gasteiger partial charge in [-0.15, -0.1) is 0 Å². The molecule has 26 heavy (non-hydrogen) atoms. The summed E-state index contributed by atoms with van der Waals surface area (Å²) in [6.45, 7) is 6.16. The Hall–Kier alpha value is -2.60. The minimum Gasteiger partial charge on any atom is -0.481 e. The number of benzene rings is 1. The predicted molar refractivity (Wildman–Crippen MR) is 102 cm³/mol. The van der Waals surface area contributed by atoms with Crippen LogP contribution in [0, 0.1) is 0 Å². The van der Waals surface area contributed by atoms with Crippen LogP contribution in [0.3, 0.4) is 0 Å². The zero-order chi connectivity index (χ0) is 18.4. The minimum absolute atomic E-state index is 0.125. The lowest BCUT2D eigenvalue weighted by molar-refractivity contribution is -0.133. The fourth-order valence-corrected chi connectivity index (χ4v) is 3.14. The summed E-state index contributed by atoms with van der Waals surface area (Å²) < 4.78 is 5.05. The number of ether oxygens (including phenoxy) is 1. The summed E-state index contributed by atoms with van der Waals surface area (Å²) in [6.07, 6.45) is 1.68. The molecule has 1 amide bonds. The van der Waals surface area contributed by atoms with E-state index in [9.17, 15) is 4.79 Å². The van der Waals surface area contributed by atoms with Crippen LogP contribution in [0.1, 0.15) is 12.5 Å². The molecule has 1 aliphatic rings. The maximum Gasteiger partial charge on any atom is 0.244 e. The molecule has 1 atom stereocenters. The van der Waals surface area contributed by atoms with Crippen LogP contribution in [-0.4, -0.2) is 60.0 Å². The van der Waals surface area contributed by atoms with Gasteiger partial charge in [0.2, 0.25) is 11.8 Å². The number of carbonyl (C=O) groups is 1. The Bertz CT molecular complexity index is 698. The summed E-state index contributed by atoms with van der Waals surface area (Å²) in [5.74, 6) is 0.684. The predicted octanol–water partition coefficient (Wildman–Crippen LogP) is 2.24. The van der Waals surface area contributed by atoms with Gasteiger partial charge in [0, 0.05) is 38.8 Å². The van der Waals surface area contributed by atoms with Gasteiger partial charge < -0.3 is 15.0 Å². The molecule has 0 unspecified atom stereocenters. The Morgan fingerprint density at radius 1 is 1.15 bits per heavy atom. The van der Waals surface area contributed by atoms with Gasteiger partial charge in [0.05, 0.1) is 19.0 Å². The number of rotatable bonds is 6. The number of piperazine rings is 1. The van der Waals surface area contributed by atoms with Gasteiger partial charge in [-0.25, -0.2) is 4.98 Å². The lowest BCUT2D eigenvalue weighted by Gasteiger charge is -2.36. The Balaban J connectivity index is 1.47. The van der Waals surface area contributed by atoms with Crippen LogP contribution in [0.15, 0.2) is 48.7 Å². The van der Waals surface area contributed by atoms with Crippen molar-refractivity contribution in [2.24, 2.45) is 0 Å². The van der Waals surface area contributed by atoms with E-state index in [1.54, 1.807) is 19.4 Å². The molecule has 3 rings (SSSR count). The van der Waals surface area contributed by atoms with Crippen molar-refractivity contribution in [1.29, 1.82) is 0 Å². The molecule has 2 heterocycles. The molecule has 6 nitrogen and oxygen atoms in total. The first-order valence-corrected chi connectivity index (χ1v) is 8.97. The number of hydrogen-bond donors (Lipinski definition) is 1. The summed E-state index contributed by atoms with van der Waals surface area (Å²) in [6, 6.07) is 13.8. The zero-order valence-corrected chi connectivity index (χ0v) is 15.4. The van der Waals surface area contributed by atoms with E-state index in [1.807, 2.05) is 24.0 Å². The maximum atomic E-state index is 12.7. The molecule has 1 saturated heterocycles. The fourth-order valence-electron chi connectivity index (χ4n) is 3.14. The molecule has 0 radical (unpaired) electrons. The van der Waals surface area contributed by atoms with Gasteiger partial charge in [-0.1, -0.05) is 30.3 Å². The number of methoxy groups -OCH3 is 1. The Morgan fingerprint density at radius 2 is 1.88 bits per heavy atom. The number of aromatic nitrogens is 1.